The summed E-state index contributed by atoms with van der Waals surface area (Å²) >= 11 is 0. The van der Waals surface area contributed by atoms with Crippen molar-refractivity contribution in [2.24, 2.45) is 0 Å². The van der Waals surface area contributed by atoms with E-state index in [1.807, 2.05) is 18.5 Å². The number of hydrogen-bond donors (Lipinski definition) is 1. The predicted octanol–water partition coefficient (Wildman–Crippen LogP) is 2.97. The minimum absolute atomic E-state index is 0.724. The Morgan fingerprint density at radius 2 is 2.21 bits per heavy atom. The monoisotopic (exact) mass is 256 g/mol. The second-order valence-corrected chi connectivity index (χ2v) is 5.25. The van der Waals surface area contributed by atoms with Crippen molar-refractivity contribution in [2.45, 2.75) is 38.6 Å². The molecule has 1 saturated carbocycles. The summed E-state index contributed by atoms with van der Waals surface area (Å²) < 4.78 is 2.29. The van der Waals surface area contributed by atoms with Crippen LogP contribution in [0.4, 0.5) is 5.82 Å². The summed E-state index contributed by atoms with van der Waals surface area (Å²) in [5.74, 6) is 2.95. The zero-order valence-electron chi connectivity index (χ0n) is 11.3. The summed E-state index contributed by atoms with van der Waals surface area (Å²) in [6.45, 7) is 4.03. The van der Waals surface area contributed by atoms with Crippen LogP contribution >= 0.6 is 0 Å². The van der Waals surface area contributed by atoms with Crippen LogP contribution in [0.2, 0.25) is 0 Å². The van der Waals surface area contributed by atoms with Crippen molar-refractivity contribution in [2.75, 3.05) is 11.9 Å². The number of nitrogens with zero attached hydrogens (tertiary/aromatic N) is 3. The minimum Gasteiger partial charge on any atom is -0.370 e. The third kappa shape index (κ3) is 3.13. The normalized spacial score (nSPS) is 14.6. The average Bonchev–Trinajstić information content (AvgIpc) is 3.16. The Morgan fingerprint density at radius 1 is 1.32 bits per heavy atom. The highest BCUT2D eigenvalue weighted by Gasteiger charge is 2.27. The molecule has 0 unspecified atom stereocenters. The molecular weight excluding hydrogens is 236 g/mol. The van der Waals surface area contributed by atoms with Gasteiger partial charge in [0.1, 0.15) is 11.6 Å². The van der Waals surface area contributed by atoms with Gasteiger partial charge in [-0.05, 0) is 37.8 Å². The average molecular weight is 256 g/mol. The second kappa shape index (κ2) is 5.43. The van der Waals surface area contributed by atoms with Gasteiger partial charge in [-0.25, -0.2) is 9.97 Å². The Labute approximate surface area is 113 Å². The Hall–Kier alpha value is -1.84. The molecular formula is C15H20N4. The molecule has 4 heteroatoms. The zero-order chi connectivity index (χ0) is 13.1. The molecule has 3 rings (SSSR count). The summed E-state index contributed by atoms with van der Waals surface area (Å²) in [4.78, 5) is 8.79. The maximum atomic E-state index is 4.46. The highest BCUT2D eigenvalue weighted by atomic mass is 15.1. The van der Waals surface area contributed by atoms with Crippen LogP contribution in [0.15, 0.2) is 30.7 Å². The van der Waals surface area contributed by atoms with Crippen molar-refractivity contribution in [3.63, 3.8) is 0 Å². The maximum Gasteiger partial charge on any atom is 0.125 e. The first kappa shape index (κ1) is 12.2. The van der Waals surface area contributed by atoms with Crippen LogP contribution in [0.25, 0.3) is 0 Å². The van der Waals surface area contributed by atoms with E-state index in [4.69, 9.17) is 0 Å². The standard InChI is InChI=1S/C15H20N4/c1-12-3-6-14(18-11-12)16-7-2-9-19-10-8-17-15(19)13-4-5-13/h3,6,8,10-11,13H,2,4-5,7,9H2,1H3,(H,16,18). The summed E-state index contributed by atoms with van der Waals surface area (Å²) in [7, 11) is 0. The fourth-order valence-electron chi connectivity index (χ4n) is 2.25. The lowest BCUT2D eigenvalue weighted by Gasteiger charge is -2.08. The zero-order valence-corrected chi connectivity index (χ0v) is 11.3. The number of aryl methyl sites for hydroxylation is 2. The van der Waals surface area contributed by atoms with Gasteiger partial charge in [0.05, 0.1) is 0 Å². The van der Waals surface area contributed by atoms with Crippen molar-refractivity contribution in [1.82, 2.24) is 14.5 Å². The number of nitrogens with one attached hydrogen (secondary N) is 1. The van der Waals surface area contributed by atoms with Crippen LogP contribution in [-0.4, -0.2) is 21.1 Å². The lowest BCUT2D eigenvalue weighted by molar-refractivity contribution is 0.626. The van der Waals surface area contributed by atoms with Crippen molar-refractivity contribution in [1.29, 1.82) is 0 Å². The lowest BCUT2D eigenvalue weighted by Crippen LogP contribution is -2.09. The topological polar surface area (TPSA) is 42.7 Å². The van der Waals surface area contributed by atoms with Crippen LogP contribution in [0.1, 0.15) is 36.6 Å². The number of rotatable bonds is 6. The molecule has 1 fully saturated rings. The molecule has 2 aromatic heterocycles. The Bertz CT molecular complexity index is 525. The second-order valence-electron chi connectivity index (χ2n) is 5.25. The molecule has 1 aliphatic carbocycles. The smallest absolute Gasteiger partial charge is 0.125 e. The SMILES string of the molecule is Cc1ccc(NCCCn2ccnc2C2CC2)nc1. The van der Waals surface area contributed by atoms with Gasteiger partial charge in [-0.15, -0.1) is 0 Å². The molecule has 0 spiro atoms. The number of anilines is 1. The van der Waals surface area contributed by atoms with E-state index in [1.165, 1.54) is 24.2 Å². The Morgan fingerprint density at radius 3 is 2.95 bits per heavy atom. The quantitative estimate of drug-likeness (QED) is 0.808. The summed E-state index contributed by atoms with van der Waals surface area (Å²) in [5, 5.41) is 3.35. The highest BCUT2D eigenvalue weighted by Crippen LogP contribution is 2.38. The maximum absolute atomic E-state index is 4.46. The van der Waals surface area contributed by atoms with Gasteiger partial charge in [-0.1, -0.05) is 6.07 Å². The first-order valence-corrected chi connectivity index (χ1v) is 7.00. The van der Waals surface area contributed by atoms with E-state index in [-0.39, 0.29) is 0 Å². The third-order valence-corrected chi connectivity index (χ3v) is 3.48. The van der Waals surface area contributed by atoms with Gasteiger partial charge in [0.2, 0.25) is 0 Å². The van der Waals surface area contributed by atoms with E-state index < -0.39 is 0 Å². The minimum atomic E-state index is 0.724. The summed E-state index contributed by atoms with van der Waals surface area (Å²) in [6, 6.07) is 4.11. The van der Waals surface area contributed by atoms with Gasteiger partial charge in [-0.3, -0.25) is 0 Å². The molecule has 1 aliphatic rings. The molecule has 4 nitrogen and oxygen atoms in total. The summed E-state index contributed by atoms with van der Waals surface area (Å²) in [6.07, 6.45) is 9.61. The Balaban J connectivity index is 1.45. The predicted molar refractivity (Wildman–Crippen MR) is 76.3 cm³/mol. The molecule has 2 heterocycles. The highest BCUT2D eigenvalue weighted by molar-refractivity contribution is 5.34. The molecule has 19 heavy (non-hydrogen) atoms. The number of pyridine rings is 1. The van der Waals surface area contributed by atoms with Gasteiger partial charge >= 0.3 is 0 Å². The molecule has 100 valence electrons. The van der Waals surface area contributed by atoms with E-state index in [1.54, 1.807) is 0 Å². The molecule has 0 aromatic carbocycles. The molecule has 0 radical (unpaired) electrons. The molecule has 0 amide bonds. The van der Waals surface area contributed by atoms with Crippen LogP contribution in [0.3, 0.4) is 0 Å². The first-order valence-electron chi connectivity index (χ1n) is 7.00. The van der Waals surface area contributed by atoms with Crippen LogP contribution in [0.5, 0.6) is 0 Å². The van der Waals surface area contributed by atoms with E-state index in [9.17, 15) is 0 Å². The number of imidazole rings is 1. The van der Waals surface area contributed by atoms with Crippen molar-refractivity contribution in [3.05, 3.63) is 42.1 Å². The largest absolute Gasteiger partial charge is 0.370 e. The Kier molecular flexibility index (Phi) is 3.49. The lowest BCUT2D eigenvalue weighted by atomic mass is 10.3. The number of aromatic nitrogens is 3. The van der Waals surface area contributed by atoms with Gasteiger partial charge < -0.3 is 9.88 Å². The summed E-state index contributed by atoms with van der Waals surface area (Å²) in [5.41, 5.74) is 1.19. The van der Waals surface area contributed by atoms with Crippen LogP contribution in [-0.2, 0) is 6.54 Å². The van der Waals surface area contributed by atoms with Gasteiger partial charge in [0.25, 0.3) is 0 Å². The third-order valence-electron chi connectivity index (χ3n) is 3.48. The van der Waals surface area contributed by atoms with Gasteiger partial charge in [0, 0.05) is 37.6 Å². The van der Waals surface area contributed by atoms with Crippen molar-refractivity contribution in [3.8, 4) is 0 Å². The van der Waals surface area contributed by atoms with Gasteiger partial charge in [-0.2, -0.15) is 0 Å². The van der Waals surface area contributed by atoms with Crippen LogP contribution in [0, 0.1) is 6.92 Å². The molecule has 2 aromatic rings. The molecule has 0 atom stereocenters. The molecule has 0 aliphatic heterocycles. The van der Waals surface area contributed by atoms with E-state index in [2.05, 4.69) is 39.0 Å². The van der Waals surface area contributed by atoms with Crippen molar-refractivity contribution >= 4 is 5.82 Å². The van der Waals surface area contributed by atoms with E-state index in [0.29, 0.717) is 0 Å². The van der Waals surface area contributed by atoms with Crippen molar-refractivity contribution < 1.29 is 0 Å². The van der Waals surface area contributed by atoms with E-state index >= 15 is 0 Å². The fourth-order valence-corrected chi connectivity index (χ4v) is 2.25. The molecule has 0 saturated heterocycles. The van der Waals surface area contributed by atoms with E-state index in [0.717, 1.165) is 31.2 Å². The van der Waals surface area contributed by atoms with Crippen LogP contribution < -0.4 is 5.32 Å². The van der Waals surface area contributed by atoms with Gasteiger partial charge in [0.15, 0.2) is 0 Å². The number of hydrogen-bond acceptors (Lipinski definition) is 3. The first-order chi connectivity index (χ1) is 9.33. The fraction of sp³-hybridized carbons (Fsp3) is 0.467. The molecule has 0 bridgehead atoms. The molecule has 1 N–H and O–H groups in total.